The quantitative estimate of drug-likeness (QED) is 0.371. The minimum atomic E-state index is -1.25. The minimum Gasteiger partial charge on any atom is -0.394 e. The third-order valence-electron chi connectivity index (χ3n) is 2.87. The molecule has 8 nitrogen and oxygen atoms in total. The first-order chi connectivity index (χ1) is 8.86. The van der Waals surface area contributed by atoms with Gasteiger partial charge in [-0.25, -0.2) is 0 Å². The summed E-state index contributed by atoms with van der Waals surface area (Å²) in [5.74, 6) is -0.411. The van der Waals surface area contributed by atoms with Gasteiger partial charge in [-0.15, -0.1) is 0 Å². The Labute approximate surface area is 110 Å². The summed E-state index contributed by atoms with van der Waals surface area (Å²) in [7, 11) is 0. The molecule has 0 saturated carbocycles. The van der Waals surface area contributed by atoms with E-state index in [0.717, 1.165) is 0 Å². The highest BCUT2D eigenvalue weighted by Gasteiger charge is 2.43. The van der Waals surface area contributed by atoms with Gasteiger partial charge in [-0.2, -0.15) is 0 Å². The number of aliphatic hydroxyl groups excluding tert-OH is 4. The first-order valence-electron chi connectivity index (χ1n) is 6.06. The van der Waals surface area contributed by atoms with Crippen molar-refractivity contribution in [3.05, 3.63) is 0 Å². The van der Waals surface area contributed by atoms with Gasteiger partial charge in [0.1, 0.15) is 24.4 Å². The van der Waals surface area contributed by atoms with Crippen molar-refractivity contribution in [1.29, 1.82) is 0 Å². The summed E-state index contributed by atoms with van der Waals surface area (Å²) in [6, 6.07) is -0.949. The number of hydrogen-bond acceptors (Lipinski definition) is 7. The van der Waals surface area contributed by atoms with Crippen molar-refractivity contribution < 1.29 is 34.7 Å². The largest absolute Gasteiger partial charge is 0.394 e. The lowest BCUT2D eigenvalue weighted by Crippen LogP contribution is -2.63. The van der Waals surface area contributed by atoms with E-state index in [0.29, 0.717) is 0 Å². The minimum absolute atomic E-state index is 0.215. The highest BCUT2D eigenvalue weighted by atomic mass is 16.7. The summed E-state index contributed by atoms with van der Waals surface area (Å²) in [5.41, 5.74) is 0. The molecule has 0 aliphatic carbocycles. The van der Waals surface area contributed by atoms with Crippen molar-refractivity contribution in [2.75, 3.05) is 13.2 Å². The molecule has 1 fully saturated rings. The van der Waals surface area contributed by atoms with Gasteiger partial charge in [-0.3, -0.25) is 4.79 Å². The molecule has 112 valence electrons. The highest BCUT2D eigenvalue weighted by Crippen LogP contribution is 2.22. The molecule has 0 spiro atoms. The number of hydrogen-bond donors (Lipinski definition) is 5. The first-order valence-corrected chi connectivity index (χ1v) is 6.06. The summed E-state index contributed by atoms with van der Waals surface area (Å²) in [6.45, 7) is 2.12. The van der Waals surface area contributed by atoms with Gasteiger partial charge in [-0.1, -0.05) is 0 Å². The first kappa shape index (κ1) is 16.3. The van der Waals surface area contributed by atoms with E-state index < -0.39 is 49.3 Å². The van der Waals surface area contributed by atoms with Crippen LogP contribution in [0, 0.1) is 0 Å². The van der Waals surface area contributed by atoms with Gasteiger partial charge >= 0.3 is 0 Å². The molecule has 1 saturated heterocycles. The van der Waals surface area contributed by atoms with E-state index in [4.69, 9.17) is 14.6 Å². The lowest BCUT2D eigenvalue weighted by atomic mass is 9.97. The zero-order valence-electron chi connectivity index (χ0n) is 10.9. The maximum atomic E-state index is 11.1. The second-order valence-corrected chi connectivity index (χ2v) is 4.59. The summed E-state index contributed by atoms with van der Waals surface area (Å²) >= 11 is 0. The van der Waals surface area contributed by atoms with E-state index in [1.165, 1.54) is 6.92 Å². The Balaban J connectivity index is 2.69. The fourth-order valence-corrected chi connectivity index (χ4v) is 1.82. The summed E-state index contributed by atoms with van der Waals surface area (Å²) in [4.78, 5) is 11.1. The maximum absolute atomic E-state index is 11.1. The number of nitrogens with one attached hydrogen (secondary N) is 1. The standard InChI is InChI=1S/C11H21NO7/c1-5-9(16)10(17)8(12-6(2)14)11(19-5)18-4-7(15)3-13/h5,7-11,13,15-17H,3-4H2,1-2H3,(H,12,14)/t5-,7?,8-,9+,10-,11+/m1/s1. The smallest absolute Gasteiger partial charge is 0.217 e. The van der Waals surface area contributed by atoms with Crippen LogP contribution in [-0.4, -0.2) is 76.3 Å². The average molecular weight is 279 g/mol. The second kappa shape index (κ2) is 7.13. The predicted molar refractivity (Wildman–Crippen MR) is 63.0 cm³/mol. The normalized spacial score (nSPS) is 36.8. The Morgan fingerprint density at radius 2 is 2.05 bits per heavy atom. The number of carbonyl (C=O) groups is 1. The molecule has 0 aromatic rings. The Morgan fingerprint density at radius 1 is 1.42 bits per heavy atom. The fraction of sp³-hybridized carbons (Fsp3) is 0.909. The molecule has 5 N–H and O–H groups in total. The van der Waals surface area contributed by atoms with E-state index >= 15 is 0 Å². The number of carbonyl (C=O) groups excluding carboxylic acids is 1. The van der Waals surface area contributed by atoms with Crippen LogP contribution in [0.3, 0.4) is 0 Å². The summed E-state index contributed by atoms with van der Waals surface area (Å²) in [6.07, 6.45) is -5.18. The number of amides is 1. The van der Waals surface area contributed by atoms with Gasteiger partial charge in [-0.05, 0) is 6.92 Å². The highest BCUT2D eigenvalue weighted by molar-refractivity contribution is 5.73. The van der Waals surface area contributed by atoms with Crippen molar-refractivity contribution >= 4 is 5.91 Å². The van der Waals surface area contributed by atoms with E-state index in [9.17, 15) is 20.1 Å². The molecule has 0 aromatic heterocycles. The van der Waals surface area contributed by atoms with Crippen LogP contribution in [0.5, 0.6) is 0 Å². The average Bonchev–Trinajstić information content (AvgIpc) is 2.36. The topological polar surface area (TPSA) is 128 Å². The molecule has 1 amide bonds. The zero-order chi connectivity index (χ0) is 14.6. The van der Waals surface area contributed by atoms with Crippen LogP contribution >= 0.6 is 0 Å². The molecule has 0 radical (unpaired) electrons. The van der Waals surface area contributed by atoms with Crippen molar-refractivity contribution in [1.82, 2.24) is 5.32 Å². The number of ether oxygens (including phenoxy) is 2. The molecule has 1 heterocycles. The third kappa shape index (κ3) is 4.37. The number of aliphatic hydroxyl groups is 4. The van der Waals surface area contributed by atoms with Gasteiger partial charge in [0.05, 0.1) is 19.3 Å². The molecular weight excluding hydrogens is 258 g/mol. The van der Waals surface area contributed by atoms with Gasteiger partial charge < -0.3 is 35.2 Å². The molecule has 19 heavy (non-hydrogen) atoms. The lowest BCUT2D eigenvalue weighted by Gasteiger charge is -2.41. The van der Waals surface area contributed by atoms with Crippen molar-refractivity contribution in [3.8, 4) is 0 Å². The van der Waals surface area contributed by atoms with Crippen molar-refractivity contribution in [2.45, 2.75) is 50.6 Å². The Kier molecular flexibility index (Phi) is 6.11. The predicted octanol–water partition coefficient (Wildman–Crippen LogP) is -2.67. The van der Waals surface area contributed by atoms with Crippen LogP contribution in [0.2, 0.25) is 0 Å². The SMILES string of the molecule is CC(=O)N[C@H]1[C@@H](OCC(O)CO)O[C@H](C)[C@H](O)[C@@H]1O. The molecule has 8 heteroatoms. The molecule has 1 unspecified atom stereocenters. The van der Waals surface area contributed by atoms with Crippen LogP contribution in [0.15, 0.2) is 0 Å². The van der Waals surface area contributed by atoms with E-state index in [2.05, 4.69) is 5.32 Å². The Morgan fingerprint density at radius 3 is 2.58 bits per heavy atom. The van der Waals surface area contributed by atoms with E-state index in [-0.39, 0.29) is 6.61 Å². The fourth-order valence-electron chi connectivity index (χ4n) is 1.82. The summed E-state index contributed by atoms with van der Waals surface area (Å²) in [5, 5.41) is 39.9. The molecule has 6 atom stereocenters. The van der Waals surface area contributed by atoms with Crippen LogP contribution in [-0.2, 0) is 14.3 Å². The van der Waals surface area contributed by atoms with Crippen LogP contribution in [0.4, 0.5) is 0 Å². The van der Waals surface area contributed by atoms with Gasteiger partial charge in [0.2, 0.25) is 5.91 Å². The monoisotopic (exact) mass is 279 g/mol. The Hall–Kier alpha value is -0.770. The third-order valence-corrected chi connectivity index (χ3v) is 2.87. The maximum Gasteiger partial charge on any atom is 0.217 e. The van der Waals surface area contributed by atoms with Crippen LogP contribution in [0.25, 0.3) is 0 Å². The molecule has 1 rings (SSSR count). The van der Waals surface area contributed by atoms with Crippen molar-refractivity contribution in [2.24, 2.45) is 0 Å². The van der Waals surface area contributed by atoms with Crippen LogP contribution < -0.4 is 5.32 Å². The molecule has 1 aliphatic heterocycles. The molecule has 0 bridgehead atoms. The van der Waals surface area contributed by atoms with E-state index in [1.54, 1.807) is 6.92 Å². The van der Waals surface area contributed by atoms with Crippen LogP contribution in [0.1, 0.15) is 13.8 Å². The molecular formula is C11H21NO7. The summed E-state index contributed by atoms with van der Waals surface area (Å²) < 4.78 is 10.6. The lowest BCUT2D eigenvalue weighted by molar-refractivity contribution is -0.265. The van der Waals surface area contributed by atoms with E-state index in [1.807, 2.05) is 0 Å². The molecule has 0 aromatic carbocycles. The van der Waals surface area contributed by atoms with Gasteiger partial charge in [0, 0.05) is 6.92 Å². The second-order valence-electron chi connectivity index (χ2n) is 4.59. The zero-order valence-corrected chi connectivity index (χ0v) is 10.9. The van der Waals surface area contributed by atoms with Gasteiger partial charge in [0.15, 0.2) is 6.29 Å². The number of rotatable bonds is 5. The Bertz CT molecular complexity index is 301. The van der Waals surface area contributed by atoms with Gasteiger partial charge in [0.25, 0.3) is 0 Å². The van der Waals surface area contributed by atoms with Crippen molar-refractivity contribution in [3.63, 3.8) is 0 Å². The molecule has 1 aliphatic rings.